The molecule has 0 amide bonds. The minimum atomic E-state index is -1.13. The van der Waals surface area contributed by atoms with Gasteiger partial charge in [0.05, 0.1) is 18.3 Å². The van der Waals surface area contributed by atoms with Crippen LogP contribution in [0.5, 0.6) is 0 Å². The van der Waals surface area contributed by atoms with Crippen molar-refractivity contribution in [3.8, 4) is 0 Å². The van der Waals surface area contributed by atoms with Gasteiger partial charge in [0.2, 0.25) is 0 Å². The van der Waals surface area contributed by atoms with Crippen molar-refractivity contribution in [2.75, 3.05) is 13.7 Å². The monoisotopic (exact) mass is 326 g/mol. The van der Waals surface area contributed by atoms with E-state index in [-0.39, 0.29) is 43.5 Å². The number of allylic oxidation sites excluding steroid dienone is 1. The van der Waals surface area contributed by atoms with Crippen LogP contribution in [0.2, 0.25) is 0 Å². The lowest BCUT2D eigenvalue weighted by Gasteiger charge is -2.24. The lowest BCUT2D eigenvalue weighted by Crippen LogP contribution is -2.27. The van der Waals surface area contributed by atoms with Gasteiger partial charge in [-0.25, -0.2) is 0 Å². The summed E-state index contributed by atoms with van der Waals surface area (Å²) in [7, 11) is 1.57. The average molecular weight is 326 g/mol. The highest BCUT2D eigenvalue weighted by molar-refractivity contribution is 5.69. The molecule has 5 heteroatoms. The van der Waals surface area contributed by atoms with E-state index in [1.165, 1.54) is 0 Å². The van der Waals surface area contributed by atoms with Gasteiger partial charge >= 0.3 is 5.97 Å². The van der Waals surface area contributed by atoms with E-state index in [9.17, 15) is 15.0 Å². The zero-order chi connectivity index (χ0) is 17.5. The van der Waals surface area contributed by atoms with Gasteiger partial charge in [0, 0.05) is 13.5 Å². The lowest BCUT2D eigenvalue weighted by molar-refractivity contribution is -0.151. The molecule has 0 aromatic heterocycles. The van der Waals surface area contributed by atoms with Crippen LogP contribution >= 0.6 is 0 Å². The summed E-state index contributed by atoms with van der Waals surface area (Å²) < 4.78 is 10.8. The third-order valence-corrected chi connectivity index (χ3v) is 4.41. The molecule has 0 unspecified atom stereocenters. The summed E-state index contributed by atoms with van der Waals surface area (Å²) in [6.45, 7) is 5.48. The Morgan fingerprint density at radius 1 is 1.43 bits per heavy atom. The first-order valence-corrected chi connectivity index (χ1v) is 8.23. The second-order valence-electron chi connectivity index (χ2n) is 6.56. The Labute approximate surface area is 139 Å². The molecule has 0 spiro atoms. The fraction of sp³-hybridized carbons (Fsp3) is 0.722. The van der Waals surface area contributed by atoms with Crippen LogP contribution < -0.4 is 0 Å². The van der Waals surface area contributed by atoms with Crippen LogP contribution in [0.3, 0.4) is 0 Å². The molecule has 1 aliphatic rings. The van der Waals surface area contributed by atoms with Crippen molar-refractivity contribution in [3.63, 3.8) is 0 Å². The largest absolute Gasteiger partial charge is 0.462 e. The molecule has 4 atom stereocenters. The van der Waals surface area contributed by atoms with E-state index in [2.05, 4.69) is 0 Å². The third kappa shape index (κ3) is 6.85. The maximum absolute atomic E-state index is 11.9. The molecule has 1 heterocycles. The molecular weight excluding hydrogens is 296 g/mol. The van der Waals surface area contributed by atoms with E-state index in [1.54, 1.807) is 26.2 Å². The average Bonchev–Trinajstić information content (AvgIpc) is 2.50. The second kappa shape index (κ2) is 9.21. The maximum atomic E-state index is 11.9. The van der Waals surface area contributed by atoms with E-state index in [0.717, 1.165) is 18.4 Å². The van der Waals surface area contributed by atoms with Gasteiger partial charge < -0.3 is 19.7 Å². The normalized spacial score (nSPS) is 38.1. The highest BCUT2D eigenvalue weighted by Gasteiger charge is 2.23. The number of esters is 1. The number of hydrogen-bond donors (Lipinski definition) is 2. The summed E-state index contributed by atoms with van der Waals surface area (Å²) in [6, 6.07) is 0. The number of hydrogen-bond acceptors (Lipinski definition) is 5. The summed E-state index contributed by atoms with van der Waals surface area (Å²) in [4.78, 5) is 11.9. The van der Waals surface area contributed by atoms with Crippen molar-refractivity contribution < 1.29 is 24.5 Å². The van der Waals surface area contributed by atoms with E-state index in [4.69, 9.17) is 9.47 Å². The minimum Gasteiger partial charge on any atom is -0.462 e. The molecule has 1 rings (SSSR count). The van der Waals surface area contributed by atoms with E-state index < -0.39 is 5.60 Å². The van der Waals surface area contributed by atoms with Crippen LogP contribution in [-0.4, -0.2) is 47.7 Å². The van der Waals surface area contributed by atoms with E-state index >= 15 is 0 Å². The number of aliphatic hydroxyl groups excluding tert-OH is 1. The SMILES string of the molecule is CO[C@H]1/C=C/[C@@](C)(O)CCC(=O)O[C@H](C)[C@H](C)CC/C=C/1CO. The molecule has 0 fully saturated rings. The standard InChI is InChI=1S/C18H30O5/c1-13-6-5-7-15(12-19)16(22-4)8-10-18(3,21)11-9-17(20)23-14(13)2/h7-8,10,13-14,16,19,21H,5-6,9,11-12H2,1-4H3/b10-8+,15-7+/t13-,14-,16+,18-/m1/s1. The highest BCUT2D eigenvalue weighted by Crippen LogP contribution is 2.21. The predicted octanol–water partition coefficient (Wildman–Crippen LogP) is 2.37. The number of aliphatic hydroxyl groups is 2. The van der Waals surface area contributed by atoms with Gasteiger partial charge in [0.25, 0.3) is 0 Å². The molecule has 0 bridgehead atoms. The Morgan fingerprint density at radius 3 is 2.74 bits per heavy atom. The number of methoxy groups -OCH3 is 1. The van der Waals surface area contributed by atoms with Crippen LogP contribution in [0.1, 0.15) is 46.5 Å². The van der Waals surface area contributed by atoms with Gasteiger partial charge in [-0.15, -0.1) is 0 Å². The first-order chi connectivity index (χ1) is 10.8. The highest BCUT2D eigenvalue weighted by atomic mass is 16.5. The fourth-order valence-electron chi connectivity index (χ4n) is 2.51. The minimum absolute atomic E-state index is 0.0933. The summed E-state index contributed by atoms with van der Waals surface area (Å²) >= 11 is 0. The lowest BCUT2D eigenvalue weighted by atomic mass is 9.95. The molecule has 0 saturated carbocycles. The fourth-order valence-corrected chi connectivity index (χ4v) is 2.51. The molecule has 132 valence electrons. The molecule has 5 nitrogen and oxygen atoms in total. The molecular formula is C18H30O5. The number of ether oxygens (including phenoxy) is 2. The van der Waals surface area contributed by atoms with Crippen molar-refractivity contribution in [2.45, 2.75) is 64.3 Å². The first-order valence-electron chi connectivity index (χ1n) is 8.23. The Morgan fingerprint density at radius 2 is 2.13 bits per heavy atom. The quantitative estimate of drug-likeness (QED) is 0.602. The molecule has 1 aliphatic heterocycles. The topological polar surface area (TPSA) is 76.0 Å². The van der Waals surface area contributed by atoms with Gasteiger partial charge in [0.15, 0.2) is 0 Å². The predicted molar refractivity (Wildman–Crippen MR) is 88.9 cm³/mol. The number of cyclic esters (lactones) is 1. The zero-order valence-corrected chi connectivity index (χ0v) is 14.6. The Bertz CT molecular complexity index is 439. The van der Waals surface area contributed by atoms with Crippen LogP contribution in [0, 0.1) is 5.92 Å². The maximum Gasteiger partial charge on any atom is 0.306 e. The summed E-state index contributed by atoms with van der Waals surface area (Å²) in [6.07, 6.45) is 6.82. The van der Waals surface area contributed by atoms with Gasteiger partial charge in [0.1, 0.15) is 6.10 Å². The number of carbonyl (C=O) groups excluding carboxylic acids is 1. The molecule has 0 aliphatic carbocycles. The van der Waals surface area contributed by atoms with Gasteiger partial charge in [-0.3, -0.25) is 4.79 Å². The molecule has 0 aromatic rings. The van der Waals surface area contributed by atoms with Crippen molar-refractivity contribution in [2.24, 2.45) is 5.92 Å². The molecule has 23 heavy (non-hydrogen) atoms. The zero-order valence-electron chi connectivity index (χ0n) is 14.6. The number of rotatable bonds is 2. The number of carbonyl (C=O) groups is 1. The van der Waals surface area contributed by atoms with Crippen molar-refractivity contribution >= 4 is 5.97 Å². The van der Waals surface area contributed by atoms with Crippen LogP contribution in [0.4, 0.5) is 0 Å². The van der Waals surface area contributed by atoms with Crippen molar-refractivity contribution in [1.82, 2.24) is 0 Å². The van der Waals surface area contributed by atoms with E-state index in [1.807, 2.05) is 19.9 Å². The van der Waals surface area contributed by atoms with Crippen molar-refractivity contribution in [1.29, 1.82) is 0 Å². The van der Waals surface area contributed by atoms with Gasteiger partial charge in [-0.2, -0.15) is 0 Å². The molecule has 0 radical (unpaired) electrons. The smallest absolute Gasteiger partial charge is 0.306 e. The molecule has 0 saturated heterocycles. The van der Waals surface area contributed by atoms with Crippen LogP contribution in [-0.2, 0) is 14.3 Å². The Hall–Kier alpha value is -1.17. The van der Waals surface area contributed by atoms with Crippen LogP contribution in [0.15, 0.2) is 23.8 Å². The Balaban J connectivity index is 3.00. The van der Waals surface area contributed by atoms with Gasteiger partial charge in [-0.1, -0.05) is 25.2 Å². The van der Waals surface area contributed by atoms with Crippen LogP contribution in [0.25, 0.3) is 0 Å². The molecule has 2 N–H and O–H groups in total. The Kier molecular flexibility index (Phi) is 7.95. The molecule has 0 aromatic carbocycles. The van der Waals surface area contributed by atoms with Gasteiger partial charge in [-0.05, 0) is 44.6 Å². The summed E-state index contributed by atoms with van der Waals surface area (Å²) in [5.74, 6) is -0.0694. The summed E-state index contributed by atoms with van der Waals surface area (Å²) in [5.41, 5.74) is -0.358. The third-order valence-electron chi connectivity index (χ3n) is 4.41. The summed E-state index contributed by atoms with van der Waals surface area (Å²) in [5, 5.41) is 19.9. The van der Waals surface area contributed by atoms with E-state index in [0.29, 0.717) is 0 Å². The second-order valence-corrected chi connectivity index (χ2v) is 6.56. The van der Waals surface area contributed by atoms with Crippen molar-refractivity contribution in [3.05, 3.63) is 23.8 Å². The first kappa shape index (κ1) is 19.9.